The monoisotopic (exact) mass is 776 g/mol. The van der Waals surface area contributed by atoms with Gasteiger partial charge in [0.15, 0.2) is 0 Å². The van der Waals surface area contributed by atoms with Gasteiger partial charge in [0.1, 0.15) is 24.1 Å². The van der Waals surface area contributed by atoms with Crippen molar-refractivity contribution in [3.8, 4) is 11.5 Å². The molecule has 5 aliphatic rings. The first-order valence-corrected chi connectivity index (χ1v) is 21.9. The Balaban J connectivity index is 1.54. The minimum Gasteiger partial charge on any atom is -0.490 e. The number of allylic oxidation sites excluding steroid dienone is 1. The molecule has 10 heteroatoms. The van der Waals surface area contributed by atoms with Crippen molar-refractivity contribution >= 4 is 11.6 Å². The molecule has 6 rings (SSSR count). The van der Waals surface area contributed by atoms with Crippen LogP contribution in [-0.4, -0.2) is 84.4 Å². The zero-order valence-electron chi connectivity index (χ0n) is 33.9. The Hall–Kier alpha value is -3.18. The summed E-state index contributed by atoms with van der Waals surface area (Å²) in [7, 11) is 0. The van der Waals surface area contributed by atoms with Gasteiger partial charge in [-0.2, -0.15) is 0 Å². The van der Waals surface area contributed by atoms with E-state index < -0.39 is 18.1 Å². The number of unbranched alkanes of at least 4 members (excludes halogenated alkanes) is 2. The second-order valence-corrected chi connectivity index (χ2v) is 16.6. The van der Waals surface area contributed by atoms with Crippen LogP contribution in [0.2, 0.25) is 0 Å². The van der Waals surface area contributed by atoms with E-state index >= 15 is 0 Å². The summed E-state index contributed by atoms with van der Waals surface area (Å²) in [4.78, 5) is 23.0. The molecule has 3 fully saturated rings. The number of fused-ring (bicyclic) bond motifs is 2. The fourth-order valence-electron chi connectivity index (χ4n) is 10.3. The van der Waals surface area contributed by atoms with E-state index in [-0.39, 0.29) is 49.4 Å². The first-order valence-electron chi connectivity index (χ1n) is 21.9. The van der Waals surface area contributed by atoms with Gasteiger partial charge in [0.25, 0.3) is 0 Å². The van der Waals surface area contributed by atoms with Gasteiger partial charge in [-0.25, -0.2) is 0 Å². The van der Waals surface area contributed by atoms with Crippen molar-refractivity contribution in [2.75, 3.05) is 39.6 Å². The van der Waals surface area contributed by atoms with Gasteiger partial charge < -0.3 is 38.9 Å². The molecule has 0 spiro atoms. The van der Waals surface area contributed by atoms with Crippen LogP contribution in [0.5, 0.6) is 11.5 Å². The molecule has 3 aliphatic carbocycles. The lowest BCUT2D eigenvalue weighted by atomic mass is 9.55. The quantitative estimate of drug-likeness (QED) is 0.0683. The zero-order valence-corrected chi connectivity index (χ0v) is 33.9. The van der Waals surface area contributed by atoms with Gasteiger partial charge in [0.2, 0.25) is 18.0 Å². The fourth-order valence-corrected chi connectivity index (χ4v) is 10.3. The Morgan fingerprint density at radius 1 is 1.00 bits per heavy atom. The molecule has 7 atom stereocenters. The summed E-state index contributed by atoms with van der Waals surface area (Å²) in [6.07, 6.45) is 20.7. The van der Waals surface area contributed by atoms with Gasteiger partial charge in [-0.3, -0.25) is 4.79 Å². The Bertz CT molecular complexity index is 1500. The number of amides is 1. The number of ether oxygens (including phenoxy) is 4. The maximum absolute atomic E-state index is 14.7. The van der Waals surface area contributed by atoms with Crippen LogP contribution in [0.25, 0.3) is 0 Å². The zero-order chi connectivity index (χ0) is 39.3. The molecule has 310 valence electrons. The van der Waals surface area contributed by atoms with Gasteiger partial charge in [-0.1, -0.05) is 75.4 Å². The molecule has 2 heterocycles. The predicted molar refractivity (Wildman–Crippen MR) is 219 cm³/mol. The maximum atomic E-state index is 14.7. The lowest BCUT2D eigenvalue weighted by Crippen LogP contribution is -2.70. The van der Waals surface area contributed by atoms with Crippen LogP contribution < -0.4 is 9.47 Å². The van der Waals surface area contributed by atoms with Crippen molar-refractivity contribution in [2.45, 2.75) is 140 Å². The average molecular weight is 777 g/mol. The SMILES string of the molecule is C=CCOc1ccc2c(c1)C1C(CCCCO)C(CCCCO)C=C3C(=NOC4CCCCO4)CC(N(CCC)C(=O)CCC4CCCC4)C(OCC=C)(O2)C31. The average Bonchev–Trinajstić information content (AvgIpc) is 3.75. The van der Waals surface area contributed by atoms with Gasteiger partial charge in [0.05, 0.1) is 24.8 Å². The molecule has 7 unspecified atom stereocenters. The van der Waals surface area contributed by atoms with E-state index in [1.807, 2.05) is 12.1 Å². The maximum Gasteiger partial charge on any atom is 0.239 e. The number of carbonyl (C=O) groups is 1. The number of benzene rings is 1. The van der Waals surface area contributed by atoms with E-state index in [1.54, 1.807) is 12.2 Å². The highest BCUT2D eigenvalue weighted by Gasteiger charge is 2.65. The molecule has 56 heavy (non-hydrogen) atoms. The Labute approximate surface area is 335 Å². The van der Waals surface area contributed by atoms with Crippen LogP contribution in [0.3, 0.4) is 0 Å². The number of rotatable bonds is 22. The lowest BCUT2D eigenvalue weighted by molar-refractivity contribution is -0.257. The van der Waals surface area contributed by atoms with Gasteiger partial charge in [-0.15, -0.1) is 6.58 Å². The van der Waals surface area contributed by atoms with Crippen molar-refractivity contribution in [3.63, 3.8) is 0 Å². The lowest BCUT2D eigenvalue weighted by Gasteiger charge is -2.60. The van der Waals surface area contributed by atoms with E-state index in [2.05, 4.69) is 37.1 Å². The first kappa shape index (κ1) is 42.4. The summed E-state index contributed by atoms with van der Waals surface area (Å²) in [5.74, 6) is 0.824. The van der Waals surface area contributed by atoms with Crippen LogP contribution in [0.4, 0.5) is 0 Å². The van der Waals surface area contributed by atoms with Crippen LogP contribution in [0.15, 0.2) is 60.3 Å². The standard InChI is InChI=1S/C46H68N2O8/c1-4-24-48(42(51)23-20-33-15-7-8-16-33)41-32-39(47-56-43-19-11-14-29-53-43)37-30-34(17-9-12-25-49)36(18-10-13-26-50)44-38-31-35(52-27-5-2)21-22-40(38)55-46(41,45(37)44)54-28-6-3/h5-6,21-22,30-31,33-34,36,41,43-45,49-50H,2-4,7-20,23-29,32H2,1H3. The third-order valence-corrected chi connectivity index (χ3v) is 12.8. The third kappa shape index (κ3) is 9.74. The number of aliphatic hydroxyl groups excluding tert-OH is 2. The Morgan fingerprint density at radius 2 is 1.77 bits per heavy atom. The molecule has 0 aromatic heterocycles. The van der Waals surface area contributed by atoms with Crippen LogP contribution in [0.1, 0.15) is 128 Å². The number of aliphatic hydroxyl groups is 2. The molecule has 1 amide bonds. The first-order chi connectivity index (χ1) is 27.5. The number of carbonyl (C=O) groups excluding carboxylic acids is 1. The number of hydrogen-bond donors (Lipinski definition) is 2. The summed E-state index contributed by atoms with van der Waals surface area (Å²) in [5, 5.41) is 24.7. The van der Waals surface area contributed by atoms with E-state index in [1.165, 1.54) is 25.7 Å². The molecule has 1 aromatic carbocycles. The van der Waals surface area contributed by atoms with Crippen molar-refractivity contribution in [3.05, 3.63) is 60.7 Å². The van der Waals surface area contributed by atoms with Crippen molar-refractivity contribution in [1.82, 2.24) is 4.90 Å². The molecule has 2 N–H and O–H groups in total. The van der Waals surface area contributed by atoms with E-state index in [9.17, 15) is 15.0 Å². The molecule has 2 aliphatic heterocycles. The van der Waals surface area contributed by atoms with Crippen molar-refractivity contribution in [2.24, 2.45) is 28.8 Å². The molecule has 1 saturated heterocycles. The highest BCUT2D eigenvalue weighted by Crippen LogP contribution is 2.62. The molecule has 10 nitrogen and oxygen atoms in total. The second-order valence-electron chi connectivity index (χ2n) is 16.6. The molecular weight excluding hydrogens is 709 g/mol. The van der Waals surface area contributed by atoms with Crippen LogP contribution in [-0.2, 0) is 19.1 Å². The van der Waals surface area contributed by atoms with Crippen LogP contribution >= 0.6 is 0 Å². The minimum absolute atomic E-state index is 0.0929. The van der Waals surface area contributed by atoms with Crippen molar-refractivity contribution in [1.29, 1.82) is 0 Å². The third-order valence-electron chi connectivity index (χ3n) is 12.8. The molecule has 0 bridgehead atoms. The van der Waals surface area contributed by atoms with Crippen molar-refractivity contribution < 1.29 is 38.8 Å². The summed E-state index contributed by atoms with van der Waals surface area (Å²) >= 11 is 0. The Morgan fingerprint density at radius 3 is 2.48 bits per heavy atom. The summed E-state index contributed by atoms with van der Waals surface area (Å²) < 4.78 is 26.6. The largest absolute Gasteiger partial charge is 0.490 e. The molecule has 2 saturated carbocycles. The highest BCUT2D eigenvalue weighted by molar-refractivity contribution is 6.03. The summed E-state index contributed by atoms with van der Waals surface area (Å²) in [6, 6.07) is 5.58. The molecule has 0 radical (unpaired) electrons. The van der Waals surface area contributed by atoms with Gasteiger partial charge in [0, 0.05) is 50.5 Å². The van der Waals surface area contributed by atoms with Gasteiger partial charge >= 0.3 is 0 Å². The number of nitrogens with zero attached hydrogens (tertiary/aromatic N) is 2. The van der Waals surface area contributed by atoms with Gasteiger partial charge in [-0.05, 0) is 92.9 Å². The number of oxime groups is 1. The normalized spacial score (nSPS) is 29.1. The number of hydrogen-bond acceptors (Lipinski definition) is 9. The summed E-state index contributed by atoms with van der Waals surface area (Å²) in [6.45, 7) is 12.2. The van der Waals surface area contributed by atoms with Crippen LogP contribution in [0, 0.1) is 23.7 Å². The molecular formula is C46H68N2O8. The molecule has 1 aromatic rings. The predicted octanol–water partition coefficient (Wildman–Crippen LogP) is 8.62. The smallest absolute Gasteiger partial charge is 0.239 e. The second kappa shape index (κ2) is 21.0. The fraction of sp³-hybridized carbons (Fsp3) is 0.696. The topological polar surface area (TPSA) is 119 Å². The Kier molecular flexibility index (Phi) is 15.9. The minimum atomic E-state index is -1.25. The van der Waals surface area contributed by atoms with E-state index in [4.69, 9.17) is 28.9 Å². The van der Waals surface area contributed by atoms with E-state index in [0.29, 0.717) is 44.9 Å². The summed E-state index contributed by atoms with van der Waals surface area (Å²) in [5.41, 5.74) is 2.90. The van der Waals surface area contributed by atoms with E-state index in [0.717, 1.165) is 92.6 Å². The highest BCUT2D eigenvalue weighted by atomic mass is 16.8.